The van der Waals surface area contributed by atoms with Crippen LogP contribution < -0.4 is 0 Å². The van der Waals surface area contributed by atoms with Crippen LogP contribution in [0.2, 0.25) is 0 Å². The minimum absolute atomic E-state index is 0. The van der Waals surface area contributed by atoms with Crippen molar-refractivity contribution in [2.45, 2.75) is 40.8 Å². The number of furan rings is 1. The minimum Gasteiger partial charge on any atom is -0.501 e. The van der Waals surface area contributed by atoms with Crippen LogP contribution in [-0.4, -0.2) is 9.97 Å². The van der Waals surface area contributed by atoms with Gasteiger partial charge in [-0.15, -0.1) is 42.0 Å². The summed E-state index contributed by atoms with van der Waals surface area (Å²) in [5.74, 6) is -0.472. The molecule has 6 heteroatoms. The molecule has 0 fully saturated rings. The number of nitrogens with zero attached hydrogens (tertiary/aromatic N) is 3. The topological polar surface area (TPSA) is 62.7 Å². The molecule has 0 aliphatic carbocycles. The smallest absolute Gasteiger partial charge is 0.121 e. The first-order valence-corrected chi connectivity index (χ1v) is 16.9. The molecule has 0 amide bonds. The fraction of sp³-hybridized carbons (Fsp3) is 0.146. The summed E-state index contributed by atoms with van der Waals surface area (Å²) >= 11 is 0. The molecule has 0 saturated carbocycles. The van der Waals surface area contributed by atoms with Crippen molar-refractivity contribution in [1.82, 2.24) is 9.97 Å². The molecule has 269 valence electrons. The summed E-state index contributed by atoms with van der Waals surface area (Å²) in [7, 11) is 0. The van der Waals surface area contributed by atoms with Crippen molar-refractivity contribution in [1.29, 1.82) is 5.26 Å². The molecule has 0 aliphatic heterocycles. The van der Waals surface area contributed by atoms with Gasteiger partial charge in [-0.2, -0.15) is 5.26 Å². The van der Waals surface area contributed by atoms with Crippen LogP contribution in [-0.2, 0) is 26.5 Å². The van der Waals surface area contributed by atoms with E-state index in [4.69, 9.17) is 15.4 Å². The molecule has 0 unspecified atom stereocenters. The summed E-state index contributed by atoms with van der Waals surface area (Å²) in [6, 6.07) is 41.9. The van der Waals surface area contributed by atoms with Gasteiger partial charge in [-0.3, -0.25) is 4.39 Å². The number of benzene rings is 5. The molecule has 3 aromatic heterocycles. The van der Waals surface area contributed by atoms with E-state index in [1.165, 1.54) is 12.1 Å². The van der Waals surface area contributed by atoms with Gasteiger partial charge in [0.1, 0.15) is 5.58 Å². The number of fused-ring (bicyclic) bond motifs is 3. The molecule has 0 spiro atoms. The summed E-state index contributed by atoms with van der Waals surface area (Å²) in [6.07, 6.45) is 1.13. The fourth-order valence-corrected chi connectivity index (χ4v) is 6.07. The normalized spacial score (nSPS) is 14.0. The quantitative estimate of drug-likeness (QED) is 0.162. The van der Waals surface area contributed by atoms with Crippen LogP contribution in [0.5, 0.6) is 0 Å². The number of nitriles is 1. The molecule has 1 radical (unpaired) electrons. The number of aryl methyl sites for hydroxylation is 2. The van der Waals surface area contributed by atoms with Crippen LogP contribution in [0, 0.1) is 48.4 Å². The monoisotopic (exact) mass is 892 g/mol. The number of hydrogen-bond donors (Lipinski definition) is 0. The fourth-order valence-electron chi connectivity index (χ4n) is 6.07. The van der Waals surface area contributed by atoms with Crippen LogP contribution in [0.3, 0.4) is 0 Å². The third kappa shape index (κ3) is 8.24. The van der Waals surface area contributed by atoms with Crippen molar-refractivity contribution >= 4 is 21.9 Å². The standard InChI is InChI=1S/C29H23N2O.C19H15FN.Ir/c1-29(2,3)17-19-12-13-31-26(14-19)23-11-7-10-22-25-15-21(18-30)24(16-27(25)32-28(22)23)20-8-5-4-6-9-20;1-13-10-19(21-12-14(13)2)16-8-9-18(20)17(11-16)15-6-4-3-5-7-15;/h4-10,12-16H,17H2,1-3H3;3-7,9-12H,1-2H3;/q2*-1;/i17D2;1D3,2D3;. The number of halogens is 1. The van der Waals surface area contributed by atoms with Crippen LogP contribution >= 0.6 is 0 Å². The van der Waals surface area contributed by atoms with Gasteiger partial charge in [-0.25, -0.2) is 0 Å². The van der Waals surface area contributed by atoms with Gasteiger partial charge in [-0.05, 0) is 71.8 Å². The van der Waals surface area contributed by atoms with Crippen molar-refractivity contribution < 1.29 is 39.9 Å². The Labute approximate surface area is 341 Å². The zero-order valence-corrected chi connectivity index (χ0v) is 32.0. The molecule has 0 bridgehead atoms. The molecule has 8 aromatic rings. The first kappa shape index (κ1) is 28.7. The molecule has 54 heavy (non-hydrogen) atoms. The van der Waals surface area contributed by atoms with Crippen molar-refractivity contribution in [3.05, 3.63) is 168 Å². The molecular weight excluding hydrogens is 846 g/mol. The van der Waals surface area contributed by atoms with E-state index in [0.29, 0.717) is 50.2 Å². The number of hydrogen-bond acceptors (Lipinski definition) is 4. The first-order chi connectivity index (χ1) is 28.8. The molecule has 0 aliphatic rings. The summed E-state index contributed by atoms with van der Waals surface area (Å²) in [6.45, 7) is 0.434. The summed E-state index contributed by atoms with van der Waals surface area (Å²) in [5.41, 5.74) is 5.82. The van der Waals surface area contributed by atoms with Crippen LogP contribution in [0.25, 0.3) is 66.7 Å². The minimum atomic E-state index is -2.62. The van der Waals surface area contributed by atoms with E-state index in [2.05, 4.69) is 28.2 Å². The molecule has 0 atom stereocenters. The van der Waals surface area contributed by atoms with E-state index in [1.807, 2.05) is 81.4 Å². The predicted molar refractivity (Wildman–Crippen MR) is 212 cm³/mol. The molecule has 3 heterocycles. The molecular formula is C48H38FIrN3O-2. The average Bonchev–Trinajstić information content (AvgIpc) is 3.61. The zero-order chi connectivity index (χ0) is 43.9. The van der Waals surface area contributed by atoms with Gasteiger partial charge in [0.05, 0.1) is 17.2 Å². The Kier molecular flexibility index (Phi) is 8.57. The molecule has 0 N–H and O–H groups in total. The third-order valence-corrected chi connectivity index (χ3v) is 8.48. The molecule has 8 rings (SSSR count). The number of pyridine rings is 2. The van der Waals surface area contributed by atoms with Gasteiger partial charge in [0.2, 0.25) is 0 Å². The van der Waals surface area contributed by atoms with Gasteiger partial charge < -0.3 is 14.4 Å². The molecule has 5 aromatic carbocycles. The Morgan fingerprint density at radius 3 is 2.22 bits per heavy atom. The Balaban J connectivity index is 0.000000209. The predicted octanol–water partition coefficient (Wildman–Crippen LogP) is 12.5. The summed E-state index contributed by atoms with van der Waals surface area (Å²) in [4.78, 5) is 8.60. The molecule has 0 saturated heterocycles. The Hall–Kier alpha value is -5.73. The van der Waals surface area contributed by atoms with Crippen molar-refractivity contribution in [2.75, 3.05) is 0 Å². The van der Waals surface area contributed by atoms with E-state index < -0.39 is 31.3 Å². The first-order valence-electron chi connectivity index (χ1n) is 20.9. The molecule has 4 nitrogen and oxygen atoms in total. The zero-order valence-electron chi connectivity index (χ0n) is 37.6. The van der Waals surface area contributed by atoms with Gasteiger partial charge in [-0.1, -0.05) is 121 Å². The van der Waals surface area contributed by atoms with Crippen LogP contribution in [0.4, 0.5) is 4.39 Å². The number of rotatable bonds is 5. The summed E-state index contributed by atoms with van der Waals surface area (Å²) in [5, 5.41) is 11.5. The maximum Gasteiger partial charge on any atom is 0.121 e. The van der Waals surface area contributed by atoms with Gasteiger partial charge >= 0.3 is 0 Å². The number of aromatic nitrogens is 2. The van der Waals surface area contributed by atoms with Crippen molar-refractivity contribution in [3.63, 3.8) is 0 Å². The third-order valence-electron chi connectivity index (χ3n) is 8.48. The van der Waals surface area contributed by atoms with Crippen molar-refractivity contribution in [3.8, 4) is 50.8 Å². The second-order valence-corrected chi connectivity index (χ2v) is 13.5. The van der Waals surface area contributed by atoms with E-state index in [1.54, 1.807) is 42.6 Å². The van der Waals surface area contributed by atoms with E-state index in [9.17, 15) is 9.65 Å². The van der Waals surface area contributed by atoms with Crippen molar-refractivity contribution in [2.24, 2.45) is 5.41 Å². The van der Waals surface area contributed by atoms with E-state index in [-0.39, 0.29) is 36.9 Å². The second kappa shape index (κ2) is 16.1. The maximum absolute atomic E-state index is 14.2. The van der Waals surface area contributed by atoms with Gasteiger partial charge in [0.25, 0.3) is 0 Å². The van der Waals surface area contributed by atoms with Gasteiger partial charge in [0, 0.05) is 60.2 Å². The van der Waals surface area contributed by atoms with E-state index >= 15 is 0 Å². The Morgan fingerprint density at radius 2 is 1.54 bits per heavy atom. The largest absolute Gasteiger partial charge is 0.501 e. The average molecular weight is 892 g/mol. The SMILES string of the molecule is [2H]C([2H])([2H])c1cnc(-c2[c-]cc(F)c(-c3ccccc3)c2)cc1C([2H])([2H])[2H].[2H]C([2H])(c1ccnc(-c2[c-]ccc3c2oc2cc(-c4ccccc4)c(C#N)cc23)c1)C(C)(C)C.[Ir]. The second-order valence-electron chi connectivity index (χ2n) is 13.5. The van der Waals surface area contributed by atoms with Gasteiger partial charge in [0.15, 0.2) is 0 Å². The summed E-state index contributed by atoms with van der Waals surface area (Å²) < 4.78 is 83.4. The Bertz CT molecular complexity index is 2940. The van der Waals surface area contributed by atoms with Crippen LogP contribution in [0.1, 0.15) is 54.0 Å². The Morgan fingerprint density at radius 1 is 0.815 bits per heavy atom. The van der Waals surface area contributed by atoms with E-state index in [0.717, 1.165) is 34.2 Å². The van der Waals surface area contributed by atoms with Crippen LogP contribution in [0.15, 0.2) is 132 Å². The maximum atomic E-state index is 14.2.